The molecule has 1 rings (SSSR count). The van der Waals surface area contributed by atoms with E-state index in [-0.39, 0.29) is 6.04 Å². The fourth-order valence-corrected chi connectivity index (χ4v) is 3.56. The number of sulfonamides is 1. The molecule has 0 saturated carbocycles. The fraction of sp³-hybridized carbons (Fsp3) is 0.625. The summed E-state index contributed by atoms with van der Waals surface area (Å²) in [5.41, 5.74) is 0.975. The van der Waals surface area contributed by atoms with Gasteiger partial charge in [-0.15, -0.1) is 0 Å². The van der Waals surface area contributed by atoms with Gasteiger partial charge in [0, 0.05) is 18.6 Å². The van der Waals surface area contributed by atoms with E-state index in [2.05, 4.69) is 37.7 Å². The standard InChI is InChI=1S/C16H28N2O2S/c1-12(2)9-14(5)18-21(19,20)16-8-6-7-15(10-16)11-17-13(3)4/h6-8,10,12-14,17-18H,9,11H2,1-5H3. The largest absolute Gasteiger partial charge is 0.310 e. The van der Waals surface area contributed by atoms with Crippen LogP contribution in [-0.2, 0) is 16.6 Å². The minimum atomic E-state index is -3.44. The Balaban J connectivity index is 2.81. The van der Waals surface area contributed by atoms with Gasteiger partial charge in [0.05, 0.1) is 4.90 Å². The Morgan fingerprint density at radius 2 is 1.76 bits per heavy atom. The summed E-state index contributed by atoms with van der Waals surface area (Å²) >= 11 is 0. The molecule has 0 saturated heterocycles. The minimum Gasteiger partial charge on any atom is -0.310 e. The van der Waals surface area contributed by atoms with Crippen molar-refractivity contribution in [3.8, 4) is 0 Å². The zero-order valence-corrected chi connectivity index (χ0v) is 14.5. The number of nitrogens with one attached hydrogen (secondary N) is 2. The van der Waals surface area contributed by atoms with Crippen LogP contribution < -0.4 is 10.0 Å². The summed E-state index contributed by atoms with van der Waals surface area (Å²) in [6.45, 7) is 10.9. The molecule has 0 aliphatic rings. The van der Waals surface area contributed by atoms with Crippen LogP contribution in [0.15, 0.2) is 29.2 Å². The molecule has 0 aromatic heterocycles. The SMILES string of the molecule is CC(C)CC(C)NS(=O)(=O)c1cccc(CNC(C)C)c1. The van der Waals surface area contributed by atoms with E-state index in [1.54, 1.807) is 18.2 Å². The van der Waals surface area contributed by atoms with E-state index in [0.29, 0.717) is 23.4 Å². The summed E-state index contributed by atoms with van der Waals surface area (Å²) in [6, 6.07) is 7.41. The van der Waals surface area contributed by atoms with E-state index in [1.165, 1.54) is 0 Å². The first kappa shape index (κ1) is 18.1. The van der Waals surface area contributed by atoms with Crippen molar-refractivity contribution in [3.63, 3.8) is 0 Å². The van der Waals surface area contributed by atoms with Gasteiger partial charge in [-0.3, -0.25) is 0 Å². The second kappa shape index (κ2) is 7.92. The van der Waals surface area contributed by atoms with Crippen LogP contribution in [0.3, 0.4) is 0 Å². The van der Waals surface area contributed by atoms with Gasteiger partial charge in [0.2, 0.25) is 10.0 Å². The summed E-state index contributed by atoms with van der Waals surface area (Å²) in [7, 11) is -3.44. The highest BCUT2D eigenvalue weighted by Crippen LogP contribution is 2.14. The first-order chi connectivity index (χ1) is 9.70. The van der Waals surface area contributed by atoms with Gasteiger partial charge in [0.1, 0.15) is 0 Å². The maximum atomic E-state index is 12.4. The maximum Gasteiger partial charge on any atom is 0.240 e. The van der Waals surface area contributed by atoms with E-state index in [0.717, 1.165) is 12.0 Å². The number of benzene rings is 1. The monoisotopic (exact) mass is 312 g/mol. The molecule has 0 aliphatic heterocycles. The van der Waals surface area contributed by atoms with Crippen molar-refractivity contribution >= 4 is 10.0 Å². The summed E-state index contributed by atoms with van der Waals surface area (Å²) in [4.78, 5) is 0.334. The zero-order chi connectivity index (χ0) is 16.0. The molecule has 2 N–H and O–H groups in total. The van der Waals surface area contributed by atoms with Crippen molar-refractivity contribution in [2.24, 2.45) is 5.92 Å². The molecule has 1 aromatic rings. The Labute approximate surface area is 129 Å². The van der Waals surface area contributed by atoms with E-state index in [9.17, 15) is 8.42 Å². The molecule has 0 amide bonds. The predicted molar refractivity (Wildman–Crippen MR) is 87.7 cm³/mol. The van der Waals surface area contributed by atoms with Gasteiger partial charge in [-0.2, -0.15) is 0 Å². The number of rotatable bonds is 8. The molecule has 0 heterocycles. The fourth-order valence-electron chi connectivity index (χ4n) is 2.23. The predicted octanol–water partition coefficient (Wildman–Crippen LogP) is 2.90. The molecule has 1 unspecified atom stereocenters. The van der Waals surface area contributed by atoms with Gasteiger partial charge >= 0.3 is 0 Å². The lowest BCUT2D eigenvalue weighted by Crippen LogP contribution is -2.33. The van der Waals surface area contributed by atoms with Gasteiger partial charge in [0.25, 0.3) is 0 Å². The number of hydrogen-bond donors (Lipinski definition) is 2. The highest BCUT2D eigenvalue weighted by molar-refractivity contribution is 7.89. The second-order valence-corrected chi connectivity index (χ2v) is 8.05. The molecule has 120 valence electrons. The Kier molecular flexibility index (Phi) is 6.84. The molecular formula is C16H28N2O2S. The van der Waals surface area contributed by atoms with Crippen molar-refractivity contribution in [2.75, 3.05) is 0 Å². The van der Waals surface area contributed by atoms with Crippen molar-refractivity contribution in [1.29, 1.82) is 0 Å². The molecule has 1 atom stereocenters. The van der Waals surface area contributed by atoms with Crippen LogP contribution in [0.4, 0.5) is 0 Å². The third kappa shape index (κ3) is 6.59. The highest BCUT2D eigenvalue weighted by Gasteiger charge is 2.18. The average molecular weight is 312 g/mol. The first-order valence-electron chi connectivity index (χ1n) is 7.55. The highest BCUT2D eigenvalue weighted by atomic mass is 32.2. The van der Waals surface area contributed by atoms with E-state index in [1.807, 2.05) is 13.0 Å². The van der Waals surface area contributed by atoms with Crippen molar-refractivity contribution < 1.29 is 8.42 Å². The Morgan fingerprint density at radius 1 is 1.10 bits per heavy atom. The lowest BCUT2D eigenvalue weighted by atomic mass is 10.1. The van der Waals surface area contributed by atoms with Crippen LogP contribution in [0.25, 0.3) is 0 Å². The Morgan fingerprint density at radius 3 is 2.33 bits per heavy atom. The molecule has 0 bridgehead atoms. The van der Waals surface area contributed by atoms with E-state index in [4.69, 9.17) is 0 Å². The van der Waals surface area contributed by atoms with E-state index >= 15 is 0 Å². The summed E-state index contributed by atoms with van der Waals surface area (Å²) in [5.74, 6) is 0.462. The third-order valence-electron chi connectivity index (χ3n) is 3.10. The molecule has 0 radical (unpaired) electrons. The Hall–Kier alpha value is -0.910. The minimum absolute atomic E-state index is 0.0626. The van der Waals surface area contributed by atoms with Gasteiger partial charge < -0.3 is 5.32 Å². The van der Waals surface area contributed by atoms with Crippen LogP contribution >= 0.6 is 0 Å². The molecule has 5 heteroatoms. The normalized spacial score (nSPS) is 13.9. The molecular weight excluding hydrogens is 284 g/mol. The van der Waals surface area contributed by atoms with Crippen molar-refractivity contribution in [2.45, 2.75) is 64.6 Å². The summed E-state index contributed by atoms with van der Waals surface area (Å²) in [5, 5.41) is 3.29. The van der Waals surface area contributed by atoms with Gasteiger partial charge in [-0.1, -0.05) is 39.8 Å². The van der Waals surface area contributed by atoms with Gasteiger partial charge in [-0.05, 0) is 37.0 Å². The smallest absolute Gasteiger partial charge is 0.240 e. The lowest BCUT2D eigenvalue weighted by molar-refractivity contribution is 0.482. The van der Waals surface area contributed by atoms with E-state index < -0.39 is 10.0 Å². The van der Waals surface area contributed by atoms with Gasteiger partial charge in [0.15, 0.2) is 0 Å². The third-order valence-corrected chi connectivity index (χ3v) is 4.69. The van der Waals surface area contributed by atoms with Crippen LogP contribution in [0.5, 0.6) is 0 Å². The molecule has 1 aromatic carbocycles. The lowest BCUT2D eigenvalue weighted by Gasteiger charge is -2.16. The summed E-state index contributed by atoms with van der Waals surface area (Å²) < 4.78 is 27.5. The number of hydrogen-bond acceptors (Lipinski definition) is 3. The Bertz CT molecular complexity index is 539. The molecule has 4 nitrogen and oxygen atoms in total. The van der Waals surface area contributed by atoms with Crippen LogP contribution in [0.2, 0.25) is 0 Å². The van der Waals surface area contributed by atoms with Crippen LogP contribution in [0, 0.1) is 5.92 Å². The topological polar surface area (TPSA) is 58.2 Å². The maximum absolute atomic E-state index is 12.4. The first-order valence-corrected chi connectivity index (χ1v) is 9.03. The van der Waals surface area contributed by atoms with Crippen molar-refractivity contribution in [3.05, 3.63) is 29.8 Å². The quantitative estimate of drug-likeness (QED) is 0.776. The summed E-state index contributed by atoms with van der Waals surface area (Å²) in [6.07, 6.45) is 0.827. The van der Waals surface area contributed by atoms with Crippen LogP contribution in [-0.4, -0.2) is 20.5 Å². The molecule has 0 spiro atoms. The van der Waals surface area contributed by atoms with Gasteiger partial charge in [-0.25, -0.2) is 13.1 Å². The molecule has 21 heavy (non-hydrogen) atoms. The average Bonchev–Trinajstić information content (AvgIpc) is 2.35. The second-order valence-electron chi connectivity index (χ2n) is 6.33. The molecule has 0 fully saturated rings. The zero-order valence-electron chi connectivity index (χ0n) is 13.7. The van der Waals surface area contributed by atoms with Crippen molar-refractivity contribution in [1.82, 2.24) is 10.0 Å². The van der Waals surface area contributed by atoms with Crippen LogP contribution in [0.1, 0.15) is 46.6 Å². The molecule has 0 aliphatic carbocycles.